The van der Waals surface area contributed by atoms with Crippen LogP contribution in [0.5, 0.6) is 23.0 Å². The molecule has 34 heavy (non-hydrogen) atoms. The highest BCUT2D eigenvalue weighted by atomic mass is 16.5. The van der Waals surface area contributed by atoms with Gasteiger partial charge in [-0.25, -0.2) is 14.8 Å². The molecule has 0 saturated heterocycles. The summed E-state index contributed by atoms with van der Waals surface area (Å²) < 4.78 is 26.8. The summed E-state index contributed by atoms with van der Waals surface area (Å²) in [6.07, 6.45) is 0. The van der Waals surface area contributed by atoms with Crippen molar-refractivity contribution in [2.24, 2.45) is 0 Å². The second-order valence-electron chi connectivity index (χ2n) is 6.97. The van der Waals surface area contributed by atoms with E-state index in [-0.39, 0.29) is 18.0 Å². The zero-order valence-corrected chi connectivity index (χ0v) is 20.0. The van der Waals surface area contributed by atoms with E-state index in [1.807, 2.05) is 24.3 Å². The van der Waals surface area contributed by atoms with E-state index in [4.69, 9.17) is 23.7 Å². The maximum atomic E-state index is 12.8. The molecule has 176 valence electrons. The molecule has 3 aromatic rings. The molecule has 0 aliphatic carbocycles. The van der Waals surface area contributed by atoms with Gasteiger partial charge in [0.15, 0.2) is 11.5 Å². The highest BCUT2D eigenvalue weighted by Gasteiger charge is 2.23. The molecular weight excluding hydrogens is 436 g/mol. The summed E-state index contributed by atoms with van der Waals surface area (Å²) in [5.41, 5.74) is 2.37. The number of aryl methyl sites for hydroxylation is 1. The number of carbonyl (C=O) groups is 1. The van der Waals surface area contributed by atoms with E-state index in [1.54, 1.807) is 33.1 Å². The lowest BCUT2D eigenvalue weighted by molar-refractivity contribution is 0.0525. The van der Waals surface area contributed by atoms with Crippen LogP contribution in [0, 0.1) is 18.8 Å². The van der Waals surface area contributed by atoms with Gasteiger partial charge in [0.2, 0.25) is 11.6 Å². The quantitative estimate of drug-likeness (QED) is 0.384. The predicted octanol–water partition coefficient (Wildman–Crippen LogP) is 4.06. The van der Waals surface area contributed by atoms with E-state index in [0.717, 1.165) is 11.3 Å². The third-order valence-corrected chi connectivity index (χ3v) is 4.92. The lowest BCUT2D eigenvalue weighted by Gasteiger charge is -2.16. The molecule has 0 atom stereocenters. The largest absolute Gasteiger partial charge is 0.497 e. The maximum absolute atomic E-state index is 12.8. The van der Waals surface area contributed by atoms with Crippen molar-refractivity contribution in [3.05, 3.63) is 59.0 Å². The van der Waals surface area contributed by atoms with Crippen LogP contribution in [0.1, 0.15) is 34.4 Å². The molecule has 0 bridgehead atoms. The smallest absolute Gasteiger partial charge is 0.342 e. The number of carbonyl (C=O) groups excluding carboxylic acids is 1. The number of ether oxygens (including phenoxy) is 5. The van der Waals surface area contributed by atoms with Gasteiger partial charge in [0.1, 0.15) is 11.3 Å². The Morgan fingerprint density at radius 2 is 1.53 bits per heavy atom. The number of nitrogens with zero attached hydrogens (tertiary/aromatic N) is 2. The van der Waals surface area contributed by atoms with E-state index in [0.29, 0.717) is 34.2 Å². The number of aromatic nitrogens is 2. The van der Waals surface area contributed by atoms with E-state index in [2.05, 4.69) is 21.8 Å². The Kier molecular flexibility index (Phi) is 7.93. The molecule has 0 N–H and O–H groups in total. The molecule has 8 nitrogen and oxygen atoms in total. The van der Waals surface area contributed by atoms with Crippen molar-refractivity contribution in [2.45, 2.75) is 13.8 Å². The fraction of sp³-hybridized carbons (Fsp3) is 0.269. The Hall–Kier alpha value is -4.25. The predicted molar refractivity (Wildman–Crippen MR) is 127 cm³/mol. The SMILES string of the molecule is CCOC(=O)c1c(C)nc(C#Cc2ccc(OC)cc2)nc1-c1cc(OC)c(OC)c(OC)c1. The van der Waals surface area contributed by atoms with Crippen molar-refractivity contribution in [3.8, 4) is 46.1 Å². The minimum absolute atomic E-state index is 0.214. The zero-order chi connectivity index (χ0) is 24.7. The lowest BCUT2D eigenvalue weighted by Crippen LogP contribution is -2.13. The van der Waals surface area contributed by atoms with Gasteiger partial charge in [0.25, 0.3) is 0 Å². The fourth-order valence-corrected chi connectivity index (χ4v) is 3.31. The lowest BCUT2D eigenvalue weighted by atomic mass is 10.0. The molecule has 0 fully saturated rings. The van der Waals surface area contributed by atoms with Crippen LogP contribution >= 0.6 is 0 Å². The van der Waals surface area contributed by atoms with Crippen molar-refractivity contribution >= 4 is 5.97 Å². The minimum atomic E-state index is -0.529. The highest BCUT2D eigenvalue weighted by Crippen LogP contribution is 2.41. The number of rotatable bonds is 7. The average Bonchev–Trinajstić information content (AvgIpc) is 2.86. The fourth-order valence-electron chi connectivity index (χ4n) is 3.31. The Morgan fingerprint density at radius 3 is 2.06 bits per heavy atom. The Balaban J connectivity index is 2.19. The first kappa shape index (κ1) is 24.4. The van der Waals surface area contributed by atoms with Gasteiger partial charge in [-0.2, -0.15) is 0 Å². The Bertz CT molecular complexity index is 1220. The van der Waals surface area contributed by atoms with Gasteiger partial charge in [-0.15, -0.1) is 0 Å². The summed E-state index contributed by atoms with van der Waals surface area (Å²) in [6, 6.07) is 10.7. The van der Waals surface area contributed by atoms with E-state index in [1.165, 1.54) is 21.3 Å². The van der Waals surface area contributed by atoms with Gasteiger partial charge in [0, 0.05) is 11.1 Å². The summed E-state index contributed by atoms with van der Waals surface area (Å²) in [7, 11) is 6.16. The molecule has 0 unspecified atom stereocenters. The first-order chi connectivity index (χ1) is 16.4. The van der Waals surface area contributed by atoms with E-state index >= 15 is 0 Å². The summed E-state index contributed by atoms with van der Waals surface area (Å²) >= 11 is 0. The van der Waals surface area contributed by atoms with E-state index < -0.39 is 5.97 Å². The average molecular weight is 463 g/mol. The van der Waals surface area contributed by atoms with E-state index in [9.17, 15) is 4.79 Å². The molecule has 1 heterocycles. The number of hydrogen-bond acceptors (Lipinski definition) is 8. The van der Waals surface area contributed by atoms with Gasteiger partial charge in [-0.3, -0.25) is 0 Å². The number of benzene rings is 2. The zero-order valence-electron chi connectivity index (χ0n) is 20.0. The topological polar surface area (TPSA) is 89.0 Å². The molecule has 2 aromatic carbocycles. The van der Waals surface area contributed by atoms with Crippen molar-refractivity contribution in [1.82, 2.24) is 9.97 Å². The van der Waals surface area contributed by atoms with Crippen LogP contribution in [0.15, 0.2) is 36.4 Å². The number of esters is 1. The molecule has 0 spiro atoms. The molecular formula is C26H26N2O6. The van der Waals surface area contributed by atoms with Crippen LogP contribution < -0.4 is 18.9 Å². The normalized spacial score (nSPS) is 10.1. The molecule has 0 aliphatic rings. The third kappa shape index (κ3) is 5.21. The second-order valence-corrected chi connectivity index (χ2v) is 6.97. The first-order valence-corrected chi connectivity index (χ1v) is 10.5. The molecule has 1 aromatic heterocycles. The van der Waals surface area contributed by atoms with Crippen molar-refractivity contribution in [2.75, 3.05) is 35.0 Å². The van der Waals surface area contributed by atoms with Crippen LogP contribution in [-0.2, 0) is 4.74 Å². The maximum Gasteiger partial charge on any atom is 0.342 e. The molecule has 8 heteroatoms. The summed E-state index contributed by atoms with van der Waals surface area (Å²) in [5, 5.41) is 0. The van der Waals surface area contributed by atoms with Crippen molar-refractivity contribution in [1.29, 1.82) is 0 Å². The first-order valence-electron chi connectivity index (χ1n) is 10.5. The Labute approximate surface area is 198 Å². The second kappa shape index (κ2) is 11.1. The summed E-state index contributed by atoms with van der Waals surface area (Å²) in [6.45, 7) is 3.67. The third-order valence-electron chi connectivity index (χ3n) is 4.92. The summed E-state index contributed by atoms with van der Waals surface area (Å²) in [5.74, 6) is 7.75. The van der Waals surface area contributed by atoms with Crippen molar-refractivity contribution < 1.29 is 28.5 Å². The molecule has 0 radical (unpaired) electrons. The Morgan fingerprint density at radius 1 is 0.882 bits per heavy atom. The number of hydrogen-bond donors (Lipinski definition) is 0. The van der Waals surface area contributed by atoms with Gasteiger partial charge in [0.05, 0.1) is 46.4 Å². The van der Waals surface area contributed by atoms with Gasteiger partial charge in [-0.1, -0.05) is 5.92 Å². The van der Waals surface area contributed by atoms with Crippen LogP contribution in [0.3, 0.4) is 0 Å². The monoisotopic (exact) mass is 462 g/mol. The van der Waals surface area contributed by atoms with Gasteiger partial charge in [-0.05, 0) is 56.2 Å². The van der Waals surface area contributed by atoms with Gasteiger partial charge >= 0.3 is 5.97 Å². The van der Waals surface area contributed by atoms with Crippen LogP contribution in [0.25, 0.3) is 11.3 Å². The minimum Gasteiger partial charge on any atom is -0.497 e. The van der Waals surface area contributed by atoms with Crippen LogP contribution in [0.4, 0.5) is 0 Å². The molecule has 0 amide bonds. The van der Waals surface area contributed by atoms with Crippen LogP contribution in [0.2, 0.25) is 0 Å². The van der Waals surface area contributed by atoms with Gasteiger partial charge < -0.3 is 23.7 Å². The number of methoxy groups -OCH3 is 4. The molecule has 0 aliphatic heterocycles. The highest BCUT2D eigenvalue weighted by molar-refractivity contribution is 5.97. The molecule has 0 saturated carbocycles. The summed E-state index contributed by atoms with van der Waals surface area (Å²) in [4.78, 5) is 21.8. The van der Waals surface area contributed by atoms with Crippen molar-refractivity contribution in [3.63, 3.8) is 0 Å². The molecule has 3 rings (SSSR count). The van der Waals surface area contributed by atoms with Crippen LogP contribution in [-0.4, -0.2) is 51.0 Å². The standard InChI is InChI=1S/C26H26N2O6/c1-7-34-26(29)23-16(2)27-22(13-10-17-8-11-19(30-3)12-9-17)28-24(23)18-14-20(31-4)25(33-6)21(15-18)32-5/h8-9,11-12,14-15H,7H2,1-6H3.